The first-order valence-corrected chi connectivity index (χ1v) is 6.53. The molecule has 1 aliphatic heterocycles. The molecular weight excluding hydrogens is 246 g/mol. The van der Waals surface area contributed by atoms with Crippen molar-refractivity contribution >= 4 is 11.6 Å². The normalized spacial score (nSPS) is 19.6. The van der Waals surface area contributed by atoms with E-state index in [0.29, 0.717) is 37.7 Å². The van der Waals surface area contributed by atoms with Crippen LogP contribution in [0.3, 0.4) is 0 Å². The molecule has 1 amide bonds. The fraction of sp³-hybridized carbons (Fsp3) is 0.615. The number of anilines is 1. The van der Waals surface area contributed by atoms with Crippen LogP contribution in [0.25, 0.3) is 0 Å². The van der Waals surface area contributed by atoms with E-state index in [0.717, 1.165) is 0 Å². The molecule has 0 aromatic carbocycles. The third-order valence-electron chi connectivity index (χ3n) is 3.03. The summed E-state index contributed by atoms with van der Waals surface area (Å²) in [6.45, 7) is 6.19. The number of nitrogens with one attached hydrogen (secondary N) is 1. The van der Waals surface area contributed by atoms with Gasteiger partial charge in [0.2, 0.25) is 0 Å². The first-order chi connectivity index (χ1) is 9.08. The molecule has 2 heterocycles. The number of hydrogen-bond donors (Lipinski definition) is 2. The molecule has 1 saturated heterocycles. The van der Waals surface area contributed by atoms with Crippen molar-refractivity contribution < 1.29 is 14.3 Å². The predicted molar refractivity (Wildman–Crippen MR) is 72.1 cm³/mol. The number of carbonyl (C=O) groups is 1. The third-order valence-corrected chi connectivity index (χ3v) is 3.03. The number of nitrogens with two attached hydrogens (primary N) is 1. The summed E-state index contributed by atoms with van der Waals surface area (Å²) in [6.07, 6.45) is 1.71. The molecule has 1 fully saturated rings. The standard InChI is InChI=1S/C13H21N3O3/c1-9(2)16-7-10(14)5-12(16)13(17)15-6-11-8-18-3-4-19-11/h5,7,9,11H,3-4,6,8,14H2,1-2H3,(H,15,17). The average Bonchev–Trinajstić information content (AvgIpc) is 2.79. The Morgan fingerprint density at radius 2 is 2.37 bits per heavy atom. The van der Waals surface area contributed by atoms with Crippen molar-refractivity contribution in [2.45, 2.75) is 26.0 Å². The van der Waals surface area contributed by atoms with E-state index in [1.807, 2.05) is 18.4 Å². The molecule has 1 aromatic rings. The van der Waals surface area contributed by atoms with Crippen molar-refractivity contribution in [1.29, 1.82) is 0 Å². The topological polar surface area (TPSA) is 78.5 Å². The second-order valence-corrected chi connectivity index (χ2v) is 4.94. The van der Waals surface area contributed by atoms with Gasteiger partial charge in [-0.25, -0.2) is 0 Å². The number of aromatic nitrogens is 1. The average molecular weight is 267 g/mol. The van der Waals surface area contributed by atoms with E-state index < -0.39 is 0 Å². The van der Waals surface area contributed by atoms with Gasteiger partial charge in [-0.3, -0.25) is 4.79 Å². The summed E-state index contributed by atoms with van der Waals surface area (Å²) < 4.78 is 12.6. The van der Waals surface area contributed by atoms with Gasteiger partial charge in [0.05, 0.1) is 31.6 Å². The second kappa shape index (κ2) is 6.08. The van der Waals surface area contributed by atoms with Crippen molar-refractivity contribution in [3.05, 3.63) is 18.0 Å². The Kier molecular flexibility index (Phi) is 4.44. The van der Waals surface area contributed by atoms with E-state index >= 15 is 0 Å². The van der Waals surface area contributed by atoms with Gasteiger partial charge in [-0.15, -0.1) is 0 Å². The maximum Gasteiger partial charge on any atom is 0.268 e. The van der Waals surface area contributed by atoms with Gasteiger partial charge in [0, 0.05) is 18.8 Å². The highest BCUT2D eigenvalue weighted by Crippen LogP contribution is 2.16. The summed E-state index contributed by atoms with van der Waals surface area (Å²) in [5.41, 5.74) is 6.92. The lowest BCUT2D eigenvalue weighted by Gasteiger charge is -2.23. The minimum atomic E-state index is -0.139. The third kappa shape index (κ3) is 3.48. The van der Waals surface area contributed by atoms with Gasteiger partial charge in [0.25, 0.3) is 5.91 Å². The molecule has 0 spiro atoms. The number of nitrogen functional groups attached to an aromatic ring is 1. The van der Waals surface area contributed by atoms with E-state index in [9.17, 15) is 4.79 Å². The Balaban J connectivity index is 1.95. The number of rotatable bonds is 4. The zero-order chi connectivity index (χ0) is 13.8. The summed E-state index contributed by atoms with van der Waals surface area (Å²) in [5, 5.41) is 2.86. The zero-order valence-electron chi connectivity index (χ0n) is 11.4. The van der Waals surface area contributed by atoms with Gasteiger partial charge in [-0.05, 0) is 19.9 Å². The zero-order valence-corrected chi connectivity index (χ0v) is 11.4. The number of ether oxygens (including phenoxy) is 2. The number of amides is 1. The van der Waals surface area contributed by atoms with E-state index in [1.54, 1.807) is 12.3 Å². The molecular formula is C13H21N3O3. The molecule has 3 N–H and O–H groups in total. The Morgan fingerprint density at radius 1 is 1.58 bits per heavy atom. The largest absolute Gasteiger partial charge is 0.397 e. The minimum absolute atomic E-state index is 0.0718. The molecule has 0 radical (unpaired) electrons. The van der Waals surface area contributed by atoms with Crippen LogP contribution in [0.5, 0.6) is 0 Å². The van der Waals surface area contributed by atoms with Crippen LogP contribution < -0.4 is 11.1 Å². The molecule has 1 aromatic heterocycles. The van der Waals surface area contributed by atoms with Crippen LogP contribution in [0.4, 0.5) is 5.69 Å². The summed E-state index contributed by atoms with van der Waals surface area (Å²) in [5.74, 6) is -0.139. The summed E-state index contributed by atoms with van der Waals surface area (Å²) in [7, 11) is 0. The van der Waals surface area contributed by atoms with Gasteiger partial charge >= 0.3 is 0 Å². The fourth-order valence-electron chi connectivity index (χ4n) is 2.06. The van der Waals surface area contributed by atoms with Crippen molar-refractivity contribution in [3.8, 4) is 0 Å². The molecule has 0 aliphatic carbocycles. The molecule has 0 saturated carbocycles. The van der Waals surface area contributed by atoms with Crippen LogP contribution in [0.15, 0.2) is 12.3 Å². The monoisotopic (exact) mass is 267 g/mol. The van der Waals surface area contributed by atoms with E-state index in [4.69, 9.17) is 15.2 Å². The predicted octanol–water partition coefficient (Wildman–Crippen LogP) is 0.796. The quantitative estimate of drug-likeness (QED) is 0.845. The van der Waals surface area contributed by atoms with Crippen LogP contribution in [-0.2, 0) is 9.47 Å². The van der Waals surface area contributed by atoms with Crippen molar-refractivity contribution in [2.75, 3.05) is 32.1 Å². The summed E-state index contributed by atoms with van der Waals surface area (Å²) in [4.78, 5) is 12.1. The Hall–Kier alpha value is -1.53. The molecule has 1 atom stereocenters. The number of carbonyl (C=O) groups excluding carboxylic acids is 1. The maximum absolute atomic E-state index is 12.1. The minimum Gasteiger partial charge on any atom is -0.397 e. The Labute approximate surface area is 112 Å². The van der Waals surface area contributed by atoms with Crippen LogP contribution in [0.2, 0.25) is 0 Å². The van der Waals surface area contributed by atoms with E-state index in [-0.39, 0.29) is 18.1 Å². The second-order valence-electron chi connectivity index (χ2n) is 4.94. The van der Waals surface area contributed by atoms with E-state index in [1.165, 1.54) is 0 Å². The maximum atomic E-state index is 12.1. The van der Waals surface area contributed by atoms with E-state index in [2.05, 4.69) is 5.32 Å². The van der Waals surface area contributed by atoms with Crippen LogP contribution in [0, 0.1) is 0 Å². The molecule has 1 aliphatic rings. The lowest BCUT2D eigenvalue weighted by Crippen LogP contribution is -2.40. The van der Waals surface area contributed by atoms with Crippen molar-refractivity contribution in [3.63, 3.8) is 0 Å². The summed E-state index contributed by atoms with van der Waals surface area (Å²) in [6, 6.07) is 1.88. The molecule has 6 nitrogen and oxygen atoms in total. The highest BCUT2D eigenvalue weighted by atomic mass is 16.6. The molecule has 6 heteroatoms. The molecule has 2 rings (SSSR count). The molecule has 19 heavy (non-hydrogen) atoms. The molecule has 1 unspecified atom stereocenters. The van der Waals surface area contributed by atoms with Crippen molar-refractivity contribution in [2.24, 2.45) is 0 Å². The SMILES string of the molecule is CC(C)n1cc(N)cc1C(=O)NCC1COCCO1. The number of hydrogen-bond acceptors (Lipinski definition) is 4. The Bertz CT molecular complexity index is 436. The molecule has 0 bridgehead atoms. The first kappa shape index (κ1) is 13.9. The van der Waals surface area contributed by atoms with Gasteiger partial charge in [0.1, 0.15) is 5.69 Å². The van der Waals surface area contributed by atoms with Gasteiger partial charge in [0.15, 0.2) is 0 Å². The van der Waals surface area contributed by atoms with Gasteiger partial charge < -0.3 is 25.1 Å². The smallest absolute Gasteiger partial charge is 0.268 e. The van der Waals surface area contributed by atoms with Gasteiger partial charge in [-0.2, -0.15) is 0 Å². The fourth-order valence-corrected chi connectivity index (χ4v) is 2.06. The Morgan fingerprint density at radius 3 is 3.00 bits per heavy atom. The van der Waals surface area contributed by atoms with Gasteiger partial charge in [-0.1, -0.05) is 0 Å². The lowest BCUT2D eigenvalue weighted by molar-refractivity contribution is -0.0855. The summed E-state index contributed by atoms with van der Waals surface area (Å²) >= 11 is 0. The van der Waals surface area contributed by atoms with Crippen LogP contribution in [0.1, 0.15) is 30.4 Å². The van der Waals surface area contributed by atoms with Crippen LogP contribution in [-0.4, -0.2) is 42.9 Å². The molecule has 106 valence electrons. The number of nitrogens with zero attached hydrogens (tertiary/aromatic N) is 1. The van der Waals surface area contributed by atoms with Crippen molar-refractivity contribution in [1.82, 2.24) is 9.88 Å². The van der Waals surface area contributed by atoms with Crippen LogP contribution >= 0.6 is 0 Å². The highest BCUT2D eigenvalue weighted by Gasteiger charge is 2.18. The lowest BCUT2D eigenvalue weighted by atomic mass is 10.3. The highest BCUT2D eigenvalue weighted by molar-refractivity contribution is 5.93. The first-order valence-electron chi connectivity index (χ1n) is 6.53.